The van der Waals surface area contributed by atoms with Gasteiger partial charge in [-0.15, -0.1) is 5.10 Å². The van der Waals surface area contributed by atoms with Crippen LogP contribution in [0.15, 0.2) is 9.59 Å². The summed E-state index contributed by atoms with van der Waals surface area (Å²) in [5.74, 6) is 0.614. The molecule has 0 aromatic carbocycles. The van der Waals surface area contributed by atoms with Crippen molar-refractivity contribution in [1.82, 2.24) is 15.2 Å². The van der Waals surface area contributed by atoms with Crippen LogP contribution in [0.5, 0.6) is 0 Å². The molecular weight excluding hydrogens is 210 g/mol. The van der Waals surface area contributed by atoms with E-state index in [0.717, 1.165) is 12.8 Å². The lowest BCUT2D eigenvalue weighted by Crippen LogP contribution is -2.27. The van der Waals surface area contributed by atoms with Gasteiger partial charge in [0.1, 0.15) is 0 Å². The first kappa shape index (κ1) is 12.4. The molecule has 16 heavy (non-hydrogen) atoms. The quantitative estimate of drug-likeness (QED) is 0.477. The molecule has 1 heterocycles. The molecule has 0 aliphatic carbocycles. The van der Waals surface area contributed by atoms with Gasteiger partial charge in [0.15, 0.2) is 0 Å². The minimum atomic E-state index is -0.604. The van der Waals surface area contributed by atoms with Crippen molar-refractivity contribution in [2.24, 2.45) is 11.7 Å². The van der Waals surface area contributed by atoms with Crippen LogP contribution in [-0.2, 0) is 0 Å². The lowest BCUT2D eigenvalue weighted by molar-refractivity contribution is 0.529. The minimum absolute atomic E-state index is 0.139. The molecule has 1 aromatic heterocycles. The Morgan fingerprint density at radius 2 is 2.25 bits per heavy atom. The molecule has 5 N–H and O–H groups in total. The van der Waals surface area contributed by atoms with Gasteiger partial charge in [0.2, 0.25) is 5.82 Å². The maximum Gasteiger partial charge on any atom is 0.342 e. The van der Waals surface area contributed by atoms with Crippen molar-refractivity contribution in [3.8, 4) is 0 Å². The Labute approximate surface area is 92.5 Å². The van der Waals surface area contributed by atoms with E-state index in [1.165, 1.54) is 0 Å². The minimum Gasteiger partial charge on any atom is -0.364 e. The zero-order valence-corrected chi connectivity index (χ0v) is 9.25. The average molecular weight is 227 g/mol. The summed E-state index contributed by atoms with van der Waals surface area (Å²) in [6.45, 7) is 3.37. The van der Waals surface area contributed by atoms with Crippen molar-refractivity contribution in [3.05, 3.63) is 20.8 Å². The number of rotatable bonds is 6. The molecule has 0 saturated heterocycles. The Bertz CT molecular complexity index is 424. The van der Waals surface area contributed by atoms with Gasteiger partial charge in [-0.05, 0) is 25.3 Å². The van der Waals surface area contributed by atoms with Gasteiger partial charge in [-0.25, -0.2) is 9.89 Å². The van der Waals surface area contributed by atoms with Crippen LogP contribution in [0.1, 0.15) is 19.8 Å². The highest BCUT2D eigenvalue weighted by Crippen LogP contribution is 2.02. The lowest BCUT2D eigenvalue weighted by Gasteiger charge is -2.08. The molecule has 90 valence electrons. The summed E-state index contributed by atoms with van der Waals surface area (Å²) in [5.41, 5.74) is 4.37. The van der Waals surface area contributed by atoms with Gasteiger partial charge in [0, 0.05) is 6.54 Å². The molecule has 0 saturated carbocycles. The fourth-order valence-electron chi connectivity index (χ4n) is 1.24. The molecular formula is C9H17N5O2. The van der Waals surface area contributed by atoms with E-state index in [-0.39, 0.29) is 5.82 Å². The number of nitrogens with one attached hydrogen (secondary N) is 3. The monoisotopic (exact) mass is 227 g/mol. The van der Waals surface area contributed by atoms with Crippen LogP contribution >= 0.6 is 0 Å². The summed E-state index contributed by atoms with van der Waals surface area (Å²) < 4.78 is 0. The van der Waals surface area contributed by atoms with Gasteiger partial charge in [-0.1, -0.05) is 6.92 Å². The lowest BCUT2D eigenvalue weighted by atomic mass is 10.1. The number of hydrogen-bond donors (Lipinski definition) is 4. The normalized spacial score (nSPS) is 12.4. The smallest absolute Gasteiger partial charge is 0.342 e. The Hall–Kier alpha value is -1.63. The molecule has 0 spiro atoms. The molecule has 0 aliphatic rings. The third-order valence-corrected chi connectivity index (χ3v) is 2.28. The zero-order chi connectivity index (χ0) is 12.0. The first-order chi connectivity index (χ1) is 7.63. The third kappa shape index (κ3) is 3.85. The number of anilines is 1. The SMILES string of the molecule is CC(CN)CCCNc1n[nH]c(=O)[nH]c1=O. The number of nitrogens with zero attached hydrogens (tertiary/aromatic N) is 1. The molecule has 0 bridgehead atoms. The summed E-state index contributed by atoms with van der Waals surface area (Å²) in [6, 6.07) is 0. The van der Waals surface area contributed by atoms with Crippen LogP contribution in [0, 0.1) is 5.92 Å². The van der Waals surface area contributed by atoms with E-state index >= 15 is 0 Å². The highest BCUT2D eigenvalue weighted by Gasteiger charge is 2.02. The molecule has 1 rings (SSSR count). The predicted octanol–water partition coefficient (Wildman–Crippen LogP) is -0.755. The van der Waals surface area contributed by atoms with Crippen LogP contribution in [-0.4, -0.2) is 28.3 Å². The summed E-state index contributed by atoms with van der Waals surface area (Å²) in [4.78, 5) is 24.0. The number of H-pyrrole nitrogens is 2. The second kappa shape index (κ2) is 6.06. The van der Waals surface area contributed by atoms with E-state index < -0.39 is 11.2 Å². The number of aromatic nitrogens is 3. The predicted molar refractivity (Wildman–Crippen MR) is 61.4 cm³/mol. The fourth-order valence-corrected chi connectivity index (χ4v) is 1.24. The molecule has 0 radical (unpaired) electrons. The van der Waals surface area contributed by atoms with Crippen LogP contribution in [0.4, 0.5) is 5.82 Å². The first-order valence-electron chi connectivity index (χ1n) is 5.26. The van der Waals surface area contributed by atoms with E-state index in [1.54, 1.807) is 0 Å². The fraction of sp³-hybridized carbons (Fsp3) is 0.667. The van der Waals surface area contributed by atoms with Crippen LogP contribution in [0.3, 0.4) is 0 Å². The number of hydrogen-bond acceptors (Lipinski definition) is 5. The molecule has 0 amide bonds. The van der Waals surface area contributed by atoms with E-state index in [1.807, 2.05) is 0 Å². The highest BCUT2D eigenvalue weighted by atomic mass is 16.2. The van der Waals surface area contributed by atoms with Gasteiger partial charge in [0.05, 0.1) is 0 Å². The van der Waals surface area contributed by atoms with Crippen molar-refractivity contribution in [2.75, 3.05) is 18.4 Å². The number of aromatic amines is 2. The average Bonchev–Trinajstić information content (AvgIpc) is 2.26. The Kier molecular flexibility index (Phi) is 4.71. The van der Waals surface area contributed by atoms with Crippen molar-refractivity contribution in [1.29, 1.82) is 0 Å². The van der Waals surface area contributed by atoms with Crippen molar-refractivity contribution in [3.63, 3.8) is 0 Å². The van der Waals surface area contributed by atoms with Gasteiger partial charge < -0.3 is 11.1 Å². The molecule has 7 heteroatoms. The van der Waals surface area contributed by atoms with E-state index in [0.29, 0.717) is 19.0 Å². The van der Waals surface area contributed by atoms with Crippen molar-refractivity contribution >= 4 is 5.82 Å². The zero-order valence-electron chi connectivity index (χ0n) is 9.25. The van der Waals surface area contributed by atoms with Crippen LogP contribution < -0.4 is 22.3 Å². The standard InChI is InChI=1S/C9H17N5O2/c1-6(5-10)3-2-4-11-7-8(15)12-9(16)14-13-7/h6H,2-5,10H2,1H3,(H,11,13)(H2,12,14,15,16). The van der Waals surface area contributed by atoms with E-state index in [9.17, 15) is 9.59 Å². The van der Waals surface area contributed by atoms with Crippen LogP contribution in [0.2, 0.25) is 0 Å². The van der Waals surface area contributed by atoms with Gasteiger partial charge >= 0.3 is 5.69 Å². The second-order valence-corrected chi connectivity index (χ2v) is 3.77. The summed E-state index contributed by atoms with van der Waals surface area (Å²) >= 11 is 0. The maximum atomic E-state index is 11.2. The third-order valence-electron chi connectivity index (χ3n) is 2.28. The number of nitrogens with two attached hydrogens (primary N) is 1. The van der Waals surface area contributed by atoms with Gasteiger partial charge in [-0.3, -0.25) is 9.78 Å². The first-order valence-corrected chi connectivity index (χ1v) is 5.26. The molecule has 7 nitrogen and oxygen atoms in total. The van der Waals surface area contributed by atoms with E-state index in [4.69, 9.17) is 5.73 Å². The topological polar surface area (TPSA) is 117 Å². The molecule has 0 aliphatic heterocycles. The maximum absolute atomic E-state index is 11.2. The van der Waals surface area contributed by atoms with Crippen molar-refractivity contribution in [2.45, 2.75) is 19.8 Å². The van der Waals surface area contributed by atoms with Crippen molar-refractivity contribution < 1.29 is 0 Å². The molecule has 1 unspecified atom stereocenters. The second-order valence-electron chi connectivity index (χ2n) is 3.77. The van der Waals surface area contributed by atoms with Crippen LogP contribution in [0.25, 0.3) is 0 Å². The Morgan fingerprint density at radius 1 is 1.50 bits per heavy atom. The molecule has 1 atom stereocenters. The highest BCUT2D eigenvalue weighted by molar-refractivity contribution is 5.28. The summed E-state index contributed by atoms with van der Waals surface area (Å²) in [5, 5.41) is 8.61. The van der Waals surface area contributed by atoms with Gasteiger partial charge in [0.25, 0.3) is 5.56 Å². The Balaban J connectivity index is 2.38. The van der Waals surface area contributed by atoms with Gasteiger partial charge in [-0.2, -0.15) is 0 Å². The largest absolute Gasteiger partial charge is 0.364 e. The van der Waals surface area contributed by atoms with E-state index in [2.05, 4.69) is 27.4 Å². The Morgan fingerprint density at radius 3 is 2.88 bits per heavy atom. The molecule has 1 aromatic rings. The summed E-state index contributed by atoms with van der Waals surface area (Å²) in [6.07, 6.45) is 1.89. The summed E-state index contributed by atoms with van der Waals surface area (Å²) in [7, 11) is 0. The molecule has 0 fully saturated rings.